The molecule has 10 nitrogen and oxygen atoms in total. The van der Waals surface area contributed by atoms with E-state index in [1.165, 1.54) is 24.3 Å². The van der Waals surface area contributed by atoms with E-state index < -0.39 is 46.4 Å². The Morgan fingerprint density at radius 2 is 1.10 bits per heavy atom. The Morgan fingerprint density at radius 3 is 1.57 bits per heavy atom. The van der Waals surface area contributed by atoms with Gasteiger partial charge in [0.05, 0.1) is 5.56 Å². The number of esters is 1. The molecule has 0 aliphatic carbocycles. The third-order valence-corrected chi connectivity index (χ3v) is 3.96. The summed E-state index contributed by atoms with van der Waals surface area (Å²) in [6.07, 6.45) is 0. The molecule has 1 amide bonds. The van der Waals surface area contributed by atoms with Crippen LogP contribution in [0.5, 0.6) is 40.2 Å². The molecule has 3 rings (SSSR count). The fourth-order valence-corrected chi connectivity index (χ4v) is 2.43. The van der Waals surface area contributed by atoms with Crippen LogP contribution in [0.3, 0.4) is 0 Å². The fourth-order valence-electron chi connectivity index (χ4n) is 2.43. The van der Waals surface area contributed by atoms with Crippen molar-refractivity contribution in [2.75, 3.05) is 5.32 Å². The summed E-state index contributed by atoms with van der Waals surface area (Å²) >= 11 is 0. The van der Waals surface area contributed by atoms with E-state index in [0.29, 0.717) is 5.69 Å². The van der Waals surface area contributed by atoms with Crippen molar-refractivity contribution < 1.29 is 45.0 Å². The number of benzene rings is 3. The van der Waals surface area contributed by atoms with Crippen molar-refractivity contribution in [1.29, 1.82) is 0 Å². The molecule has 3 aromatic carbocycles. The van der Waals surface area contributed by atoms with E-state index in [2.05, 4.69) is 5.32 Å². The predicted molar refractivity (Wildman–Crippen MR) is 102 cm³/mol. The number of nitrogens with one attached hydrogen (secondary N) is 1. The highest BCUT2D eigenvalue weighted by Crippen LogP contribution is 2.36. The molecule has 0 spiro atoms. The number of carbonyl (C=O) groups is 2. The molecule has 0 fully saturated rings. The monoisotopic (exact) mass is 413 g/mol. The van der Waals surface area contributed by atoms with Gasteiger partial charge in [-0.2, -0.15) is 0 Å². The maximum absolute atomic E-state index is 12.2. The average molecular weight is 413 g/mol. The first-order chi connectivity index (χ1) is 14.2. The molecule has 3 aromatic rings. The van der Waals surface area contributed by atoms with Gasteiger partial charge in [0.25, 0.3) is 5.91 Å². The first kappa shape index (κ1) is 20.1. The lowest BCUT2D eigenvalue weighted by atomic mass is 10.1. The van der Waals surface area contributed by atoms with Crippen LogP contribution in [0.4, 0.5) is 5.69 Å². The number of rotatable bonds is 4. The third-order valence-electron chi connectivity index (χ3n) is 3.96. The quantitative estimate of drug-likeness (QED) is 0.192. The highest BCUT2D eigenvalue weighted by Gasteiger charge is 2.16. The Labute approximate surface area is 168 Å². The second kappa shape index (κ2) is 7.80. The molecule has 0 saturated carbocycles. The van der Waals surface area contributed by atoms with Crippen molar-refractivity contribution in [3.63, 3.8) is 0 Å². The molecule has 10 heteroatoms. The number of amides is 1. The summed E-state index contributed by atoms with van der Waals surface area (Å²) in [5.41, 5.74) is -0.0100. The van der Waals surface area contributed by atoms with Crippen LogP contribution in [-0.2, 0) is 0 Å². The number of carbonyl (C=O) groups excluding carboxylic acids is 2. The third kappa shape index (κ3) is 4.12. The fraction of sp³-hybridized carbons (Fsp3) is 0. The lowest BCUT2D eigenvalue weighted by Crippen LogP contribution is -2.12. The Hall–Kier alpha value is -4.60. The van der Waals surface area contributed by atoms with Gasteiger partial charge in [0.15, 0.2) is 34.5 Å². The molecule has 0 bridgehead atoms. The number of ether oxygens (including phenoxy) is 1. The number of anilines is 1. The minimum absolute atomic E-state index is 0.0879. The number of phenols is 6. The summed E-state index contributed by atoms with van der Waals surface area (Å²) in [6.45, 7) is 0. The Bertz CT molecular complexity index is 1000. The number of aromatic hydroxyl groups is 6. The van der Waals surface area contributed by atoms with Crippen molar-refractivity contribution in [1.82, 2.24) is 0 Å². The SMILES string of the molecule is O=C(Nc1ccc(OC(=O)c2cc(O)c(O)c(O)c2)cc1)c1cc(O)c(O)c(O)c1. The first-order valence-corrected chi connectivity index (χ1v) is 8.29. The van der Waals surface area contributed by atoms with Crippen molar-refractivity contribution >= 4 is 17.6 Å². The van der Waals surface area contributed by atoms with Gasteiger partial charge in [-0.25, -0.2) is 4.79 Å². The van der Waals surface area contributed by atoms with Gasteiger partial charge in [-0.3, -0.25) is 4.79 Å². The summed E-state index contributed by atoms with van der Waals surface area (Å²) in [6, 6.07) is 9.34. The summed E-state index contributed by atoms with van der Waals surface area (Å²) in [4.78, 5) is 24.3. The van der Waals surface area contributed by atoms with E-state index in [1.54, 1.807) is 0 Å². The van der Waals surface area contributed by atoms with E-state index in [-0.39, 0.29) is 16.9 Å². The molecular formula is C20H15NO9. The number of phenolic OH excluding ortho intramolecular Hbond substituents is 6. The normalized spacial score (nSPS) is 10.4. The molecule has 0 unspecified atom stereocenters. The zero-order valence-corrected chi connectivity index (χ0v) is 15.0. The average Bonchev–Trinajstić information content (AvgIpc) is 2.70. The molecule has 0 saturated heterocycles. The molecule has 0 aliphatic rings. The number of hydrogen-bond acceptors (Lipinski definition) is 9. The van der Waals surface area contributed by atoms with E-state index >= 15 is 0 Å². The summed E-state index contributed by atoms with van der Waals surface area (Å²) in [7, 11) is 0. The summed E-state index contributed by atoms with van der Waals surface area (Å²) < 4.78 is 5.09. The van der Waals surface area contributed by atoms with Crippen LogP contribution in [0.2, 0.25) is 0 Å². The van der Waals surface area contributed by atoms with Crippen LogP contribution < -0.4 is 10.1 Å². The van der Waals surface area contributed by atoms with Gasteiger partial charge < -0.3 is 40.7 Å². The van der Waals surface area contributed by atoms with Crippen LogP contribution in [0.25, 0.3) is 0 Å². The molecule has 7 N–H and O–H groups in total. The molecule has 0 aliphatic heterocycles. The first-order valence-electron chi connectivity index (χ1n) is 8.29. The van der Waals surface area contributed by atoms with Crippen LogP contribution in [0.15, 0.2) is 48.5 Å². The lowest BCUT2D eigenvalue weighted by molar-refractivity contribution is 0.0733. The van der Waals surface area contributed by atoms with Crippen LogP contribution in [-0.4, -0.2) is 42.5 Å². The minimum atomic E-state index is -0.910. The van der Waals surface area contributed by atoms with Gasteiger partial charge in [-0.05, 0) is 48.5 Å². The van der Waals surface area contributed by atoms with Crippen LogP contribution >= 0.6 is 0 Å². The molecule has 0 atom stereocenters. The highest BCUT2D eigenvalue weighted by atomic mass is 16.5. The minimum Gasteiger partial charge on any atom is -0.504 e. The van der Waals surface area contributed by atoms with E-state index in [0.717, 1.165) is 24.3 Å². The maximum atomic E-state index is 12.2. The van der Waals surface area contributed by atoms with Crippen molar-refractivity contribution in [3.05, 3.63) is 59.7 Å². The van der Waals surface area contributed by atoms with Gasteiger partial charge in [-0.1, -0.05) is 0 Å². The molecule has 0 heterocycles. The second-order valence-corrected chi connectivity index (χ2v) is 6.09. The van der Waals surface area contributed by atoms with Crippen molar-refractivity contribution in [3.8, 4) is 40.2 Å². The smallest absolute Gasteiger partial charge is 0.343 e. The van der Waals surface area contributed by atoms with Crippen molar-refractivity contribution in [2.24, 2.45) is 0 Å². The molecule has 0 aromatic heterocycles. The predicted octanol–water partition coefficient (Wildman–Crippen LogP) is 2.39. The highest BCUT2D eigenvalue weighted by molar-refractivity contribution is 6.05. The largest absolute Gasteiger partial charge is 0.504 e. The van der Waals surface area contributed by atoms with Gasteiger partial charge in [0.2, 0.25) is 0 Å². The van der Waals surface area contributed by atoms with Gasteiger partial charge in [-0.15, -0.1) is 0 Å². The van der Waals surface area contributed by atoms with Crippen LogP contribution in [0, 0.1) is 0 Å². The van der Waals surface area contributed by atoms with Gasteiger partial charge in [0, 0.05) is 11.3 Å². The molecular weight excluding hydrogens is 398 g/mol. The second-order valence-electron chi connectivity index (χ2n) is 6.09. The Balaban J connectivity index is 1.69. The Morgan fingerprint density at radius 1 is 0.667 bits per heavy atom. The molecule has 154 valence electrons. The standard InChI is InChI=1S/C20H15NO9/c22-13-5-9(6-14(23)17(13)26)19(28)21-11-1-3-12(4-2-11)30-20(29)10-7-15(24)18(27)16(25)8-10/h1-8,22-27H,(H,21,28). The Kier molecular flexibility index (Phi) is 5.23. The topological polar surface area (TPSA) is 177 Å². The van der Waals surface area contributed by atoms with Gasteiger partial charge in [0.1, 0.15) is 5.75 Å². The zero-order valence-electron chi connectivity index (χ0n) is 15.0. The van der Waals surface area contributed by atoms with Crippen molar-refractivity contribution in [2.45, 2.75) is 0 Å². The maximum Gasteiger partial charge on any atom is 0.343 e. The van der Waals surface area contributed by atoms with E-state index in [9.17, 15) is 40.2 Å². The van der Waals surface area contributed by atoms with Crippen LogP contribution in [0.1, 0.15) is 20.7 Å². The summed E-state index contributed by atoms with van der Waals surface area (Å²) in [5.74, 6) is -5.70. The van der Waals surface area contributed by atoms with Gasteiger partial charge >= 0.3 is 5.97 Å². The van der Waals surface area contributed by atoms with E-state index in [1.807, 2.05) is 0 Å². The van der Waals surface area contributed by atoms with E-state index in [4.69, 9.17) is 4.74 Å². The number of hydrogen-bond donors (Lipinski definition) is 7. The molecule has 30 heavy (non-hydrogen) atoms. The summed E-state index contributed by atoms with van der Waals surface area (Å²) in [5, 5.41) is 59.0. The zero-order chi connectivity index (χ0) is 22.0. The lowest BCUT2D eigenvalue weighted by Gasteiger charge is -2.09. The molecule has 0 radical (unpaired) electrons.